The van der Waals surface area contributed by atoms with E-state index in [1.807, 2.05) is 31.2 Å². The van der Waals surface area contributed by atoms with Crippen LogP contribution in [0.15, 0.2) is 41.2 Å². The Hall–Kier alpha value is -2.87. The first-order valence-electron chi connectivity index (χ1n) is 9.14. The predicted octanol–water partition coefficient (Wildman–Crippen LogP) is 3.38. The molecule has 0 atom stereocenters. The highest BCUT2D eigenvalue weighted by atomic mass is 32.1. The van der Waals surface area contributed by atoms with E-state index >= 15 is 0 Å². The molecule has 0 unspecified atom stereocenters. The number of nitrogens with one attached hydrogen (secondary N) is 1. The molecule has 28 heavy (non-hydrogen) atoms. The lowest BCUT2D eigenvalue weighted by Gasteiger charge is -2.32. The van der Waals surface area contributed by atoms with Gasteiger partial charge >= 0.3 is 6.03 Å². The molecule has 7 nitrogen and oxygen atoms in total. The minimum Gasteiger partial charge on any atom is -0.497 e. The van der Waals surface area contributed by atoms with Gasteiger partial charge in [-0.25, -0.2) is 9.78 Å². The number of amides is 2. The van der Waals surface area contributed by atoms with Crippen LogP contribution in [0, 0.1) is 0 Å². The van der Waals surface area contributed by atoms with Crippen LogP contribution in [0.5, 0.6) is 5.75 Å². The van der Waals surface area contributed by atoms with Crippen molar-refractivity contribution >= 4 is 39.9 Å². The van der Waals surface area contributed by atoms with Crippen LogP contribution in [0.3, 0.4) is 0 Å². The smallest absolute Gasteiger partial charge is 0.314 e. The van der Waals surface area contributed by atoms with E-state index in [1.54, 1.807) is 29.5 Å². The fraction of sp³-hybridized carbons (Fsp3) is 0.350. The number of hydrogen-bond acceptors (Lipinski definition) is 6. The second kappa shape index (κ2) is 8.88. The molecular weight excluding hydrogens is 374 g/mol. The maximum atomic E-state index is 11.3. The lowest BCUT2D eigenvalue weighted by molar-refractivity contribution is 0.187. The summed E-state index contributed by atoms with van der Waals surface area (Å²) in [6, 6.07) is 5.77. The molecule has 2 amide bonds. The largest absolute Gasteiger partial charge is 0.497 e. The SMILES string of the molecule is C=N/C=C(\C(=C/C)NC1CCN(C(N)=O)CC1)c1nc2cc(OC)ccc2s1. The summed E-state index contributed by atoms with van der Waals surface area (Å²) >= 11 is 1.60. The van der Waals surface area contributed by atoms with E-state index in [1.165, 1.54) is 0 Å². The second-order valence-electron chi connectivity index (χ2n) is 6.52. The van der Waals surface area contributed by atoms with Crippen molar-refractivity contribution < 1.29 is 9.53 Å². The number of fused-ring (bicyclic) bond motifs is 1. The molecule has 148 valence electrons. The molecule has 1 saturated heterocycles. The molecule has 0 spiro atoms. The Balaban J connectivity index is 1.81. The summed E-state index contributed by atoms with van der Waals surface area (Å²) in [7, 11) is 1.65. The maximum absolute atomic E-state index is 11.3. The average molecular weight is 400 g/mol. The molecule has 3 rings (SSSR count). The summed E-state index contributed by atoms with van der Waals surface area (Å²) in [5, 5.41) is 4.45. The van der Waals surface area contributed by atoms with Crippen LogP contribution in [0.2, 0.25) is 0 Å². The van der Waals surface area contributed by atoms with Crippen molar-refractivity contribution in [3.8, 4) is 5.75 Å². The third-order valence-corrected chi connectivity index (χ3v) is 5.86. The lowest BCUT2D eigenvalue weighted by atomic mass is 10.0. The first kappa shape index (κ1) is 19.9. The Kier molecular flexibility index (Phi) is 6.30. The second-order valence-corrected chi connectivity index (χ2v) is 7.55. The summed E-state index contributed by atoms with van der Waals surface area (Å²) in [5.74, 6) is 0.780. The van der Waals surface area contributed by atoms with Crippen LogP contribution >= 0.6 is 11.3 Å². The molecule has 0 bridgehead atoms. The molecule has 1 aromatic heterocycles. The fourth-order valence-corrected chi connectivity index (χ4v) is 4.23. The molecule has 1 fully saturated rings. The van der Waals surface area contributed by atoms with Crippen molar-refractivity contribution in [1.29, 1.82) is 0 Å². The van der Waals surface area contributed by atoms with Gasteiger partial charge in [-0.05, 0) is 38.6 Å². The number of methoxy groups -OCH3 is 1. The van der Waals surface area contributed by atoms with Gasteiger partial charge in [-0.15, -0.1) is 11.3 Å². The van der Waals surface area contributed by atoms with Crippen molar-refractivity contribution in [3.05, 3.63) is 41.2 Å². The van der Waals surface area contributed by atoms with Crippen molar-refractivity contribution in [3.63, 3.8) is 0 Å². The van der Waals surface area contributed by atoms with Crippen molar-refractivity contribution in [2.24, 2.45) is 10.7 Å². The molecule has 8 heteroatoms. The average Bonchev–Trinajstić information content (AvgIpc) is 3.13. The van der Waals surface area contributed by atoms with Gasteiger partial charge in [-0.3, -0.25) is 4.99 Å². The van der Waals surface area contributed by atoms with Crippen molar-refractivity contribution in [2.75, 3.05) is 20.2 Å². The van der Waals surface area contributed by atoms with Crippen LogP contribution < -0.4 is 15.8 Å². The molecule has 0 aliphatic carbocycles. The van der Waals surface area contributed by atoms with Gasteiger partial charge in [0.2, 0.25) is 0 Å². The van der Waals surface area contributed by atoms with Gasteiger partial charge in [-0.1, -0.05) is 6.08 Å². The number of primary amides is 1. The molecule has 1 aliphatic heterocycles. The minimum atomic E-state index is -0.356. The van der Waals surface area contributed by atoms with Crippen LogP contribution in [0.4, 0.5) is 4.79 Å². The number of aliphatic imine (C=N–C) groups is 1. The Labute approximate surface area is 168 Å². The van der Waals surface area contributed by atoms with E-state index in [2.05, 4.69) is 17.0 Å². The molecule has 3 N–H and O–H groups in total. The van der Waals surface area contributed by atoms with Gasteiger partial charge in [0.05, 0.1) is 22.9 Å². The third kappa shape index (κ3) is 4.33. The molecule has 0 radical (unpaired) electrons. The number of likely N-dealkylation sites (tertiary alicyclic amines) is 1. The molecule has 2 heterocycles. The molecule has 0 saturated carbocycles. The summed E-state index contributed by atoms with van der Waals surface area (Å²) in [6.45, 7) is 6.91. The van der Waals surface area contributed by atoms with Crippen LogP contribution in [-0.2, 0) is 0 Å². The number of piperidine rings is 1. The van der Waals surface area contributed by atoms with E-state index in [4.69, 9.17) is 15.5 Å². The highest BCUT2D eigenvalue weighted by molar-refractivity contribution is 7.19. The molecule has 1 aromatic carbocycles. The zero-order valence-electron chi connectivity index (χ0n) is 16.1. The Morgan fingerprint density at radius 3 is 2.82 bits per heavy atom. The van der Waals surface area contributed by atoms with Gasteiger partial charge in [0.25, 0.3) is 0 Å². The predicted molar refractivity (Wildman–Crippen MR) is 115 cm³/mol. The standard InChI is InChI=1S/C20H25N5O2S/c1-4-16(23-13-7-9-25(10-8-13)20(21)26)15(12-22-2)19-24-17-11-14(27-3)5-6-18(17)28-19/h4-6,11-13,23H,2,7-10H2,1,3H3,(H2,21,26)/b15-12+,16-4+. The molecular formula is C20H25N5O2S. The maximum Gasteiger partial charge on any atom is 0.314 e. The number of nitrogens with two attached hydrogens (primary N) is 1. The van der Waals surface area contributed by atoms with Gasteiger partial charge in [0.1, 0.15) is 10.8 Å². The number of urea groups is 1. The zero-order valence-corrected chi connectivity index (χ0v) is 17.0. The van der Waals surface area contributed by atoms with Crippen molar-refractivity contribution in [1.82, 2.24) is 15.2 Å². The Morgan fingerprint density at radius 1 is 1.46 bits per heavy atom. The van der Waals surface area contributed by atoms with Crippen LogP contribution in [-0.4, -0.2) is 48.9 Å². The zero-order chi connectivity index (χ0) is 20.1. The summed E-state index contributed by atoms with van der Waals surface area (Å²) in [5.41, 5.74) is 8.11. The number of thiazole rings is 1. The number of allylic oxidation sites excluding steroid dienone is 2. The number of carbonyl (C=O) groups is 1. The van der Waals surface area contributed by atoms with E-state index in [-0.39, 0.29) is 12.1 Å². The van der Waals surface area contributed by atoms with Gasteiger partial charge in [0.15, 0.2) is 0 Å². The Bertz CT molecular complexity index is 926. The lowest BCUT2D eigenvalue weighted by Crippen LogP contribution is -2.46. The number of aromatic nitrogens is 1. The number of rotatable bonds is 6. The third-order valence-electron chi connectivity index (χ3n) is 4.79. The number of ether oxygens (including phenoxy) is 1. The minimum absolute atomic E-state index is 0.254. The van der Waals surface area contributed by atoms with E-state index in [0.29, 0.717) is 13.1 Å². The topological polar surface area (TPSA) is 92.8 Å². The fourth-order valence-electron chi connectivity index (χ4n) is 3.26. The van der Waals surface area contributed by atoms with Crippen LogP contribution in [0.25, 0.3) is 15.8 Å². The number of carbonyl (C=O) groups excluding carboxylic acids is 1. The monoisotopic (exact) mass is 399 g/mol. The van der Waals surface area contributed by atoms with Gasteiger partial charge in [0, 0.05) is 37.1 Å². The van der Waals surface area contributed by atoms with Gasteiger partial charge < -0.3 is 20.7 Å². The summed E-state index contributed by atoms with van der Waals surface area (Å²) in [4.78, 5) is 21.8. The number of nitrogens with zero attached hydrogens (tertiary/aromatic N) is 3. The molecule has 1 aliphatic rings. The highest BCUT2D eigenvalue weighted by Gasteiger charge is 2.23. The van der Waals surface area contributed by atoms with Crippen LogP contribution in [0.1, 0.15) is 24.8 Å². The van der Waals surface area contributed by atoms with Crippen molar-refractivity contribution in [2.45, 2.75) is 25.8 Å². The number of benzene rings is 1. The Morgan fingerprint density at radius 2 is 2.21 bits per heavy atom. The highest BCUT2D eigenvalue weighted by Crippen LogP contribution is 2.32. The number of hydrogen-bond donors (Lipinski definition) is 2. The quantitative estimate of drug-likeness (QED) is 0.575. The van der Waals surface area contributed by atoms with E-state index in [9.17, 15) is 4.79 Å². The first-order chi connectivity index (χ1) is 13.5. The first-order valence-corrected chi connectivity index (χ1v) is 9.96. The van der Waals surface area contributed by atoms with Gasteiger partial charge in [-0.2, -0.15) is 0 Å². The molecule has 2 aromatic rings. The summed E-state index contributed by atoms with van der Waals surface area (Å²) < 4.78 is 6.37. The summed E-state index contributed by atoms with van der Waals surface area (Å²) in [6.07, 6.45) is 5.43. The van der Waals surface area contributed by atoms with E-state index < -0.39 is 0 Å². The normalized spacial score (nSPS) is 16.3. The van der Waals surface area contributed by atoms with E-state index in [0.717, 1.165) is 45.1 Å².